The van der Waals surface area contributed by atoms with Crippen molar-refractivity contribution in [3.05, 3.63) is 82.6 Å². The number of nitrogens with one attached hydrogen (secondary N) is 1. The first-order valence-corrected chi connectivity index (χ1v) is 11.9. The van der Waals surface area contributed by atoms with Gasteiger partial charge in [0.05, 0.1) is 12.0 Å². The van der Waals surface area contributed by atoms with E-state index in [1.165, 1.54) is 35.9 Å². The molecule has 4 rings (SSSR count). The van der Waals surface area contributed by atoms with Crippen LogP contribution in [0.5, 0.6) is 0 Å². The Morgan fingerprint density at radius 1 is 1.06 bits per heavy atom. The summed E-state index contributed by atoms with van der Waals surface area (Å²) in [4.78, 5) is 39.8. The average Bonchev–Trinajstić information content (AvgIpc) is 2.86. The molecule has 0 radical (unpaired) electrons. The molecule has 0 aromatic heterocycles. The predicted octanol–water partition coefficient (Wildman–Crippen LogP) is 3.64. The van der Waals surface area contributed by atoms with E-state index in [1.807, 2.05) is 30.3 Å². The van der Waals surface area contributed by atoms with E-state index in [2.05, 4.69) is 5.32 Å². The molecule has 36 heavy (non-hydrogen) atoms. The van der Waals surface area contributed by atoms with Gasteiger partial charge in [0.2, 0.25) is 5.91 Å². The van der Waals surface area contributed by atoms with Gasteiger partial charge in [-0.1, -0.05) is 54.2 Å². The highest BCUT2D eigenvalue weighted by Crippen LogP contribution is 2.44. The molecule has 0 saturated carbocycles. The Labute approximate surface area is 209 Å². The van der Waals surface area contributed by atoms with Crippen LogP contribution < -0.4 is 5.32 Å². The van der Waals surface area contributed by atoms with Gasteiger partial charge in [0, 0.05) is 7.11 Å². The zero-order valence-corrected chi connectivity index (χ0v) is 20.2. The van der Waals surface area contributed by atoms with Crippen LogP contribution in [0.1, 0.15) is 23.6 Å². The molecule has 1 fully saturated rings. The first kappa shape index (κ1) is 25.8. The number of rotatable bonds is 7. The van der Waals surface area contributed by atoms with Gasteiger partial charge in [0.1, 0.15) is 29.2 Å². The number of methoxy groups -OCH3 is 1. The number of nitrogens with zero attached hydrogens (tertiary/aromatic N) is 1. The van der Waals surface area contributed by atoms with Crippen molar-refractivity contribution in [2.75, 3.05) is 7.11 Å². The van der Waals surface area contributed by atoms with Gasteiger partial charge < -0.3 is 14.8 Å². The second kappa shape index (κ2) is 10.4. The predicted molar refractivity (Wildman–Crippen MR) is 125 cm³/mol. The zero-order chi connectivity index (χ0) is 26.0. The zero-order valence-electron chi connectivity index (χ0n) is 19.4. The molecule has 0 aliphatic carbocycles. The standard InChI is InChI=1S/C25H23F3N2O5S/c1-14-20(23(33)35-13-16-6-4-3-5-7-16)30-21(32)19(22(30)36-24(14)34-2)29-18(31)12-15-8-10-17(11-9-15)25(26,27)28/h3-11,19,22,24H,12-13H2,1-2H3,(H,29,31)/t19-,22-,24-/m0/s1. The molecule has 0 unspecified atom stereocenters. The number of alkyl halides is 3. The van der Waals surface area contributed by atoms with Crippen molar-refractivity contribution in [3.8, 4) is 0 Å². The summed E-state index contributed by atoms with van der Waals surface area (Å²) in [5, 5.41) is 2.04. The molecule has 2 aromatic carbocycles. The number of benzene rings is 2. The summed E-state index contributed by atoms with van der Waals surface area (Å²) in [6, 6.07) is 12.4. The Balaban J connectivity index is 1.43. The number of esters is 1. The Morgan fingerprint density at radius 3 is 2.33 bits per heavy atom. The van der Waals surface area contributed by atoms with E-state index in [4.69, 9.17) is 9.47 Å². The van der Waals surface area contributed by atoms with Crippen LogP contribution in [-0.4, -0.2) is 46.6 Å². The number of halogens is 3. The van der Waals surface area contributed by atoms with E-state index in [0.717, 1.165) is 17.7 Å². The van der Waals surface area contributed by atoms with E-state index >= 15 is 0 Å². The van der Waals surface area contributed by atoms with Crippen molar-refractivity contribution < 1.29 is 37.0 Å². The molecular weight excluding hydrogens is 497 g/mol. The van der Waals surface area contributed by atoms with Crippen molar-refractivity contribution in [1.29, 1.82) is 0 Å². The van der Waals surface area contributed by atoms with Crippen LogP contribution in [-0.2, 0) is 43.1 Å². The van der Waals surface area contributed by atoms with Gasteiger partial charge in [-0.25, -0.2) is 4.79 Å². The van der Waals surface area contributed by atoms with E-state index in [-0.39, 0.29) is 18.7 Å². The molecule has 2 heterocycles. The number of carbonyl (C=O) groups excluding carboxylic acids is 3. The monoisotopic (exact) mass is 520 g/mol. The van der Waals surface area contributed by atoms with E-state index in [9.17, 15) is 27.6 Å². The van der Waals surface area contributed by atoms with Crippen LogP contribution >= 0.6 is 11.8 Å². The number of thioether (sulfide) groups is 1. The SMILES string of the molecule is CO[C@H]1S[C@H]2[C@@H](NC(=O)Cc3ccc(C(F)(F)F)cc3)C(=O)N2C(C(=O)OCc2ccccc2)=C1C. The summed E-state index contributed by atoms with van der Waals surface area (Å²) in [7, 11) is 1.47. The topological polar surface area (TPSA) is 84.9 Å². The minimum atomic E-state index is -4.47. The Hall–Kier alpha value is -3.31. The maximum atomic E-state index is 13.0. The van der Waals surface area contributed by atoms with Gasteiger partial charge in [0.15, 0.2) is 0 Å². The highest BCUT2D eigenvalue weighted by molar-refractivity contribution is 8.00. The fourth-order valence-electron chi connectivity index (χ4n) is 4.01. The molecular formula is C25H23F3N2O5S. The van der Waals surface area contributed by atoms with Crippen LogP contribution in [0.3, 0.4) is 0 Å². The minimum absolute atomic E-state index is 0.0290. The summed E-state index contributed by atoms with van der Waals surface area (Å²) >= 11 is 1.27. The molecule has 0 spiro atoms. The molecule has 0 bridgehead atoms. The van der Waals surface area contributed by atoms with Gasteiger partial charge >= 0.3 is 12.1 Å². The summed E-state index contributed by atoms with van der Waals surface area (Å²) in [6.07, 6.45) is -4.67. The van der Waals surface area contributed by atoms with Crippen molar-refractivity contribution in [1.82, 2.24) is 10.2 Å². The van der Waals surface area contributed by atoms with Gasteiger partial charge in [0.25, 0.3) is 5.91 Å². The lowest BCUT2D eigenvalue weighted by Crippen LogP contribution is -2.71. The first-order valence-electron chi connectivity index (χ1n) is 11.0. The smallest absolute Gasteiger partial charge is 0.416 e. The number of ether oxygens (including phenoxy) is 2. The second-order valence-corrected chi connectivity index (χ2v) is 9.50. The average molecular weight is 521 g/mol. The molecule has 2 aromatic rings. The van der Waals surface area contributed by atoms with E-state index in [0.29, 0.717) is 11.1 Å². The molecule has 2 amide bonds. The van der Waals surface area contributed by atoms with Crippen LogP contribution in [0.2, 0.25) is 0 Å². The first-order chi connectivity index (χ1) is 17.1. The normalized spacial score (nSPS) is 21.5. The van der Waals surface area contributed by atoms with Crippen molar-refractivity contribution in [2.45, 2.75) is 43.0 Å². The lowest BCUT2D eigenvalue weighted by atomic mass is 10.0. The highest BCUT2D eigenvalue weighted by Gasteiger charge is 2.56. The fourth-order valence-corrected chi connectivity index (χ4v) is 5.36. The molecule has 11 heteroatoms. The Kier molecular flexibility index (Phi) is 7.41. The third-order valence-corrected chi connectivity index (χ3v) is 7.41. The molecule has 1 saturated heterocycles. The number of β-lactam (4-membered cyclic amide) rings is 1. The fraction of sp³-hybridized carbons (Fsp3) is 0.320. The van der Waals surface area contributed by atoms with Crippen LogP contribution in [0.15, 0.2) is 65.9 Å². The maximum absolute atomic E-state index is 13.0. The summed E-state index contributed by atoms with van der Waals surface area (Å²) in [6.45, 7) is 1.71. The largest absolute Gasteiger partial charge is 0.456 e. The third kappa shape index (κ3) is 5.26. The summed E-state index contributed by atoms with van der Waals surface area (Å²) < 4.78 is 49.2. The Morgan fingerprint density at radius 2 is 1.72 bits per heavy atom. The molecule has 2 aliphatic rings. The van der Waals surface area contributed by atoms with E-state index < -0.39 is 46.4 Å². The summed E-state index contributed by atoms with van der Waals surface area (Å²) in [5.41, 5.74) is 0.426. The van der Waals surface area contributed by atoms with Crippen LogP contribution in [0, 0.1) is 0 Å². The summed E-state index contributed by atoms with van der Waals surface area (Å²) in [5.74, 6) is -1.68. The molecule has 190 valence electrons. The van der Waals surface area contributed by atoms with E-state index in [1.54, 1.807) is 6.92 Å². The molecule has 7 nitrogen and oxygen atoms in total. The van der Waals surface area contributed by atoms with Gasteiger partial charge in [-0.3, -0.25) is 14.5 Å². The molecule has 3 atom stereocenters. The molecule has 1 N–H and O–H groups in total. The van der Waals surface area contributed by atoms with Crippen molar-refractivity contribution >= 4 is 29.5 Å². The highest BCUT2D eigenvalue weighted by atomic mass is 32.2. The third-order valence-electron chi connectivity index (χ3n) is 5.86. The van der Waals surface area contributed by atoms with Gasteiger partial charge in [-0.15, -0.1) is 0 Å². The van der Waals surface area contributed by atoms with Crippen molar-refractivity contribution in [3.63, 3.8) is 0 Å². The number of carbonyl (C=O) groups is 3. The number of hydrogen-bond acceptors (Lipinski definition) is 6. The lowest BCUT2D eigenvalue weighted by molar-refractivity contribution is -0.153. The van der Waals surface area contributed by atoms with Gasteiger partial charge in [-0.2, -0.15) is 13.2 Å². The number of hydrogen-bond donors (Lipinski definition) is 1. The van der Waals surface area contributed by atoms with Crippen molar-refractivity contribution in [2.24, 2.45) is 0 Å². The lowest BCUT2D eigenvalue weighted by Gasteiger charge is -2.51. The number of fused-ring (bicyclic) bond motifs is 1. The molecule has 2 aliphatic heterocycles. The number of amides is 2. The quantitative estimate of drug-likeness (QED) is 0.443. The van der Waals surface area contributed by atoms with Gasteiger partial charge in [-0.05, 0) is 35.8 Å². The maximum Gasteiger partial charge on any atom is 0.416 e. The second-order valence-electron chi connectivity index (χ2n) is 8.31. The van der Waals surface area contributed by atoms with Crippen LogP contribution in [0.25, 0.3) is 0 Å². The minimum Gasteiger partial charge on any atom is -0.456 e. The van der Waals surface area contributed by atoms with Crippen LogP contribution in [0.4, 0.5) is 13.2 Å². The Bertz CT molecular complexity index is 1180.